The summed E-state index contributed by atoms with van der Waals surface area (Å²) in [5, 5.41) is 3.64. The van der Waals surface area contributed by atoms with Crippen molar-refractivity contribution in [2.24, 2.45) is 0 Å². The van der Waals surface area contributed by atoms with E-state index in [0.29, 0.717) is 4.75 Å². The zero-order chi connectivity index (χ0) is 11.6. The molecule has 0 aromatic rings. The topological polar surface area (TPSA) is 15.3 Å². The van der Waals surface area contributed by atoms with Gasteiger partial charge in [0.1, 0.15) is 0 Å². The second-order valence-electron chi connectivity index (χ2n) is 6.28. The normalized spacial score (nSPS) is 36.2. The van der Waals surface area contributed by atoms with E-state index in [0.717, 1.165) is 0 Å². The maximum Gasteiger partial charge on any atom is 0.0259 e. The fourth-order valence-electron chi connectivity index (χ4n) is 2.99. The van der Waals surface area contributed by atoms with Crippen molar-refractivity contribution in [1.29, 1.82) is 0 Å². The smallest absolute Gasteiger partial charge is 0.0259 e. The van der Waals surface area contributed by atoms with Gasteiger partial charge in [-0.15, -0.1) is 0 Å². The molecule has 0 aromatic carbocycles. The summed E-state index contributed by atoms with van der Waals surface area (Å²) in [5.74, 6) is 1.37. The molecule has 0 aliphatic carbocycles. The average Bonchev–Trinajstić information content (AvgIpc) is 2.51. The van der Waals surface area contributed by atoms with Crippen LogP contribution in [0.4, 0.5) is 0 Å². The third-order valence-corrected chi connectivity index (χ3v) is 5.26. The van der Waals surface area contributed by atoms with Crippen LogP contribution in [0.15, 0.2) is 0 Å². The molecule has 2 aliphatic heterocycles. The average molecular weight is 242 g/mol. The van der Waals surface area contributed by atoms with E-state index in [-0.39, 0.29) is 5.54 Å². The van der Waals surface area contributed by atoms with Gasteiger partial charge in [-0.1, -0.05) is 0 Å². The van der Waals surface area contributed by atoms with Crippen LogP contribution < -0.4 is 5.32 Å². The summed E-state index contributed by atoms with van der Waals surface area (Å²) in [6, 6.07) is 0. The van der Waals surface area contributed by atoms with E-state index in [1.807, 2.05) is 0 Å². The molecule has 0 saturated carbocycles. The second kappa shape index (κ2) is 4.87. The number of nitrogens with zero attached hydrogens (tertiary/aromatic N) is 1. The lowest BCUT2D eigenvalue weighted by atomic mass is 10.0. The molecule has 1 unspecified atom stereocenters. The first-order valence-corrected chi connectivity index (χ1v) is 7.59. The Morgan fingerprint density at radius 3 is 2.75 bits per heavy atom. The van der Waals surface area contributed by atoms with Crippen LogP contribution in [0.2, 0.25) is 0 Å². The number of rotatable bonds is 2. The van der Waals surface area contributed by atoms with Crippen LogP contribution in [0.1, 0.15) is 40.0 Å². The lowest BCUT2D eigenvalue weighted by molar-refractivity contribution is 0.213. The fourth-order valence-corrected chi connectivity index (χ4v) is 4.34. The molecule has 2 rings (SSSR count). The van der Waals surface area contributed by atoms with Crippen molar-refractivity contribution in [3.05, 3.63) is 0 Å². The summed E-state index contributed by atoms with van der Waals surface area (Å²) in [6.07, 6.45) is 4.11. The summed E-state index contributed by atoms with van der Waals surface area (Å²) < 4.78 is 0.528. The minimum Gasteiger partial charge on any atom is -0.310 e. The monoisotopic (exact) mass is 242 g/mol. The SMILES string of the molecule is CC1(C)CN(CC2(C)CCCS2)CCCN1. The third kappa shape index (κ3) is 3.38. The first-order valence-electron chi connectivity index (χ1n) is 6.61. The Bertz CT molecular complexity index is 234. The van der Waals surface area contributed by atoms with Crippen molar-refractivity contribution in [2.75, 3.05) is 31.9 Å². The van der Waals surface area contributed by atoms with Gasteiger partial charge in [0, 0.05) is 23.4 Å². The van der Waals surface area contributed by atoms with Crippen molar-refractivity contribution < 1.29 is 0 Å². The van der Waals surface area contributed by atoms with E-state index in [1.54, 1.807) is 0 Å². The molecule has 2 nitrogen and oxygen atoms in total. The lowest BCUT2D eigenvalue weighted by Crippen LogP contribution is -2.48. The minimum absolute atomic E-state index is 0.288. The number of nitrogens with one attached hydrogen (secondary N) is 1. The van der Waals surface area contributed by atoms with E-state index in [9.17, 15) is 0 Å². The highest BCUT2D eigenvalue weighted by molar-refractivity contribution is 8.00. The molecule has 2 heterocycles. The Morgan fingerprint density at radius 1 is 1.25 bits per heavy atom. The van der Waals surface area contributed by atoms with Crippen molar-refractivity contribution in [3.8, 4) is 0 Å². The van der Waals surface area contributed by atoms with Gasteiger partial charge in [0.15, 0.2) is 0 Å². The summed E-state index contributed by atoms with van der Waals surface area (Å²) >= 11 is 2.18. The molecule has 1 N–H and O–H groups in total. The summed E-state index contributed by atoms with van der Waals surface area (Å²) in [4.78, 5) is 2.68. The first-order chi connectivity index (χ1) is 7.49. The molecule has 16 heavy (non-hydrogen) atoms. The Kier molecular flexibility index (Phi) is 3.87. The largest absolute Gasteiger partial charge is 0.310 e. The minimum atomic E-state index is 0.288. The van der Waals surface area contributed by atoms with Crippen LogP contribution in [0.25, 0.3) is 0 Å². The summed E-state index contributed by atoms with van der Waals surface area (Å²) in [6.45, 7) is 12.0. The van der Waals surface area contributed by atoms with Crippen LogP contribution in [0.5, 0.6) is 0 Å². The summed E-state index contributed by atoms with van der Waals surface area (Å²) in [7, 11) is 0. The number of thioether (sulfide) groups is 1. The van der Waals surface area contributed by atoms with Crippen LogP contribution >= 0.6 is 11.8 Å². The van der Waals surface area contributed by atoms with E-state index < -0.39 is 0 Å². The molecule has 0 amide bonds. The molecule has 1 atom stereocenters. The highest BCUT2D eigenvalue weighted by Crippen LogP contribution is 2.38. The predicted molar refractivity (Wildman–Crippen MR) is 73.2 cm³/mol. The zero-order valence-corrected chi connectivity index (χ0v) is 11.8. The highest BCUT2D eigenvalue weighted by Gasteiger charge is 2.33. The number of hydrogen-bond acceptors (Lipinski definition) is 3. The third-order valence-electron chi connectivity index (χ3n) is 3.73. The molecule has 0 aromatic heterocycles. The number of hydrogen-bond donors (Lipinski definition) is 1. The van der Waals surface area contributed by atoms with E-state index in [2.05, 4.69) is 42.7 Å². The standard InChI is InChI=1S/C13H26N2S/c1-12(2)10-15(8-5-7-14-12)11-13(3)6-4-9-16-13/h14H,4-11H2,1-3H3. The van der Waals surface area contributed by atoms with Gasteiger partial charge in [-0.05, 0) is 58.9 Å². The first kappa shape index (κ1) is 12.7. The molecule has 3 heteroatoms. The van der Waals surface area contributed by atoms with Gasteiger partial charge in [0.2, 0.25) is 0 Å². The Labute approximate surface area is 105 Å². The van der Waals surface area contributed by atoms with Gasteiger partial charge in [0.25, 0.3) is 0 Å². The van der Waals surface area contributed by atoms with Crippen molar-refractivity contribution in [2.45, 2.75) is 50.3 Å². The second-order valence-corrected chi connectivity index (χ2v) is 7.96. The van der Waals surface area contributed by atoms with Crippen molar-refractivity contribution >= 4 is 11.8 Å². The van der Waals surface area contributed by atoms with Crippen LogP contribution in [-0.2, 0) is 0 Å². The van der Waals surface area contributed by atoms with Gasteiger partial charge in [0.05, 0.1) is 0 Å². The van der Waals surface area contributed by atoms with Crippen molar-refractivity contribution in [3.63, 3.8) is 0 Å². The maximum atomic E-state index is 3.64. The maximum absolute atomic E-state index is 3.64. The van der Waals surface area contributed by atoms with Crippen LogP contribution in [-0.4, -0.2) is 47.1 Å². The molecule has 0 bridgehead atoms. The van der Waals surface area contributed by atoms with E-state index >= 15 is 0 Å². The molecular formula is C13H26N2S. The quantitative estimate of drug-likeness (QED) is 0.800. The lowest BCUT2D eigenvalue weighted by Gasteiger charge is -2.35. The molecular weight excluding hydrogens is 216 g/mol. The molecule has 2 aliphatic rings. The zero-order valence-electron chi connectivity index (χ0n) is 11.0. The summed E-state index contributed by atoms with van der Waals surface area (Å²) in [5.41, 5.74) is 0.288. The fraction of sp³-hybridized carbons (Fsp3) is 1.00. The molecule has 94 valence electrons. The van der Waals surface area contributed by atoms with Gasteiger partial charge < -0.3 is 10.2 Å². The predicted octanol–water partition coefficient (Wildman–Crippen LogP) is 2.35. The molecule has 2 fully saturated rings. The van der Waals surface area contributed by atoms with Crippen LogP contribution in [0, 0.1) is 0 Å². The van der Waals surface area contributed by atoms with Crippen molar-refractivity contribution in [1.82, 2.24) is 10.2 Å². The van der Waals surface area contributed by atoms with Gasteiger partial charge in [-0.2, -0.15) is 11.8 Å². The van der Waals surface area contributed by atoms with Crippen LogP contribution in [0.3, 0.4) is 0 Å². The van der Waals surface area contributed by atoms with Gasteiger partial charge >= 0.3 is 0 Å². The molecule has 0 radical (unpaired) electrons. The van der Waals surface area contributed by atoms with E-state index in [4.69, 9.17) is 0 Å². The molecule has 0 spiro atoms. The van der Waals surface area contributed by atoms with E-state index in [1.165, 1.54) is 51.2 Å². The Hall–Kier alpha value is 0.270. The van der Waals surface area contributed by atoms with Gasteiger partial charge in [-0.25, -0.2) is 0 Å². The Morgan fingerprint density at radius 2 is 2.06 bits per heavy atom. The Balaban J connectivity index is 1.92. The van der Waals surface area contributed by atoms with Gasteiger partial charge in [-0.3, -0.25) is 0 Å². The highest BCUT2D eigenvalue weighted by atomic mass is 32.2. The molecule has 2 saturated heterocycles.